The van der Waals surface area contributed by atoms with Crippen LogP contribution in [0, 0.1) is 0 Å². The Balaban J connectivity index is 3.14. The molecule has 0 N–H and O–H groups in total. The highest BCUT2D eigenvalue weighted by atomic mass is 79.9. The number of carbonyl (C=O) groups excluding carboxylic acids is 1. The summed E-state index contributed by atoms with van der Waals surface area (Å²) < 4.78 is 24.9. The molecule has 5 heteroatoms. The molecule has 1 rings (SSSR count). The summed E-state index contributed by atoms with van der Waals surface area (Å²) in [6, 6.07) is 3.93. The number of Topliss-reactive ketones (excluding diaryl/α,β-unsaturated/α-hetero) is 1. The van der Waals surface area contributed by atoms with E-state index in [1.165, 1.54) is 18.2 Å². The molecule has 0 radical (unpaired) electrons. The van der Waals surface area contributed by atoms with Gasteiger partial charge >= 0.3 is 0 Å². The maximum absolute atomic E-state index is 12.4. The number of ketones is 1. The Morgan fingerprint density at radius 3 is 2.47 bits per heavy atom. The molecular formula is C10H9BrF2OS. The Labute approximate surface area is 100 Å². The highest BCUT2D eigenvalue weighted by Crippen LogP contribution is 2.24. The van der Waals surface area contributed by atoms with E-state index in [-0.39, 0.29) is 16.9 Å². The van der Waals surface area contributed by atoms with Crippen LogP contribution < -0.4 is 0 Å². The van der Waals surface area contributed by atoms with Crippen LogP contribution in [0.4, 0.5) is 8.78 Å². The second-order valence-corrected chi connectivity index (χ2v) is 4.98. The average molecular weight is 295 g/mol. The summed E-state index contributed by atoms with van der Waals surface area (Å²) in [7, 11) is 0. The lowest BCUT2D eigenvalue weighted by molar-refractivity contribution is 0.0995. The number of hydrogen-bond donors (Lipinski definition) is 1. The van der Waals surface area contributed by atoms with Crippen LogP contribution in [-0.2, 0) is 0 Å². The maximum Gasteiger partial charge on any atom is 0.263 e. The lowest BCUT2D eigenvalue weighted by Crippen LogP contribution is -2.10. The minimum absolute atomic E-state index is 0.181. The predicted octanol–water partition coefficient (Wildman–Crippen LogP) is 3.88. The van der Waals surface area contributed by atoms with Crippen LogP contribution in [0.5, 0.6) is 0 Å². The highest BCUT2D eigenvalue weighted by Gasteiger charge is 2.16. The summed E-state index contributed by atoms with van der Waals surface area (Å²) >= 11 is 7.08. The molecule has 0 aromatic heterocycles. The van der Waals surface area contributed by atoms with Crippen molar-refractivity contribution in [2.75, 3.05) is 0 Å². The molecule has 0 aliphatic carbocycles. The van der Waals surface area contributed by atoms with Crippen molar-refractivity contribution in [2.24, 2.45) is 0 Å². The molecule has 0 aliphatic rings. The maximum atomic E-state index is 12.4. The fourth-order valence-electron chi connectivity index (χ4n) is 1.13. The van der Waals surface area contributed by atoms with Crippen molar-refractivity contribution in [3.8, 4) is 0 Å². The zero-order valence-corrected chi connectivity index (χ0v) is 10.4. The van der Waals surface area contributed by atoms with Crippen LogP contribution in [0.1, 0.15) is 29.3 Å². The Kier molecular flexibility index (Phi) is 4.28. The van der Waals surface area contributed by atoms with E-state index in [1.54, 1.807) is 6.92 Å². The van der Waals surface area contributed by atoms with Crippen LogP contribution >= 0.6 is 28.6 Å². The van der Waals surface area contributed by atoms with Crippen molar-refractivity contribution in [3.63, 3.8) is 0 Å². The zero-order chi connectivity index (χ0) is 11.6. The number of carbonyl (C=O) groups is 1. The molecule has 0 fully saturated rings. The van der Waals surface area contributed by atoms with Crippen LogP contribution in [0.3, 0.4) is 0 Å². The van der Waals surface area contributed by atoms with Crippen molar-refractivity contribution < 1.29 is 13.6 Å². The first-order chi connectivity index (χ1) is 6.91. The van der Waals surface area contributed by atoms with Gasteiger partial charge in [-0.15, -0.1) is 12.6 Å². The second kappa shape index (κ2) is 5.07. The first-order valence-corrected chi connectivity index (χ1v) is 5.58. The SMILES string of the molecule is CC(Br)C(=O)c1cc(S)cc(C(F)F)c1. The first kappa shape index (κ1) is 12.6. The van der Waals surface area contributed by atoms with Gasteiger partial charge in [0.2, 0.25) is 0 Å². The normalized spacial score (nSPS) is 12.9. The Hall–Kier alpha value is -0.420. The fourth-order valence-corrected chi connectivity index (χ4v) is 1.69. The largest absolute Gasteiger partial charge is 0.293 e. The van der Waals surface area contributed by atoms with Crippen LogP contribution in [0.2, 0.25) is 0 Å². The molecule has 1 atom stereocenters. The second-order valence-electron chi connectivity index (χ2n) is 3.09. The monoisotopic (exact) mass is 294 g/mol. The number of thiol groups is 1. The lowest BCUT2D eigenvalue weighted by Gasteiger charge is -2.07. The van der Waals surface area contributed by atoms with Gasteiger partial charge in [-0.05, 0) is 25.1 Å². The predicted molar refractivity (Wildman–Crippen MR) is 61.4 cm³/mol. The summed E-state index contributed by atoms with van der Waals surface area (Å²) in [5, 5.41) is 0. The van der Waals surface area contributed by atoms with Crippen LogP contribution in [0.25, 0.3) is 0 Å². The minimum atomic E-state index is -2.59. The number of halogens is 3. The fraction of sp³-hybridized carbons (Fsp3) is 0.300. The molecule has 0 bridgehead atoms. The Morgan fingerprint density at radius 2 is 2.00 bits per heavy atom. The molecule has 1 aromatic carbocycles. The molecule has 0 aliphatic heterocycles. The van der Waals surface area contributed by atoms with Gasteiger partial charge in [0, 0.05) is 16.0 Å². The third-order valence-corrected chi connectivity index (χ3v) is 2.51. The van der Waals surface area contributed by atoms with Crippen molar-refractivity contribution in [1.29, 1.82) is 0 Å². The van der Waals surface area contributed by atoms with E-state index in [9.17, 15) is 13.6 Å². The molecule has 1 unspecified atom stereocenters. The van der Waals surface area contributed by atoms with Crippen molar-refractivity contribution in [2.45, 2.75) is 23.1 Å². The number of benzene rings is 1. The summed E-state index contributed by atoms with van der Waals surface area (Å²) in [6.45, 7) is 1.65. The van der Waals surface area contributed by atoms with Gasteiger partial charge in [0.15, 0.2) is 5.78 Å². The number of rotatable bonds is 3. The molecule has 0 saturated heterocycles. The average Bonchev–Trinajstić information content (AvgIpc) is 2.15. The van der Waals surface area contributed by atoms with E-state index in [4.69, 9.17) is 0 Å². The van der Waals surface area contributed by atoms with Gasteiger partial charge < -0.3 is 0 Å². The van der Waals surface area contributed by atoms with Crippen LogP contribution in [0.15, 0.2) is 23.1 Å². The Morgan fingerprint density at radius 1 is 1.40 bits per heavy atom. The first-order valence-electron chi connectivity index (χ1n) is 4.22. The van der Waals surface area contributed by atoms with Gasteiger partial charge in [0.1, 0.15) is 0 Å². The van der Waals surface area contributed by atoms with Gasteiger partial charge in [-0.2, -0.15) is 0 Å². The zero-order valence-electron chi connectivity index (χ0n) is 7.88. The molecule has 15 heavy (non-hydrogen) atoms. The van der Waals surface area contributed by atoms with E-state index < -0.39 is 11.3 Å². The Bertz CT molecular complexity index is 380. The topological polar surface area (TPSA) is 17.1 Å². The molecule has 0 spiro atoms. The number of alkyl halides is 3. The summed E-state index contributed by atoms with van der Waals surface area (Å²) in [5.41, 5.74) is 0.0705. The van der Waals surface area contributed by atoms with Gasteiger partial charge in [0.25, 0.3) is 6.43 Å². The number of hydrogen-bond acceptors (Lipinski definition) is 2. The van der Waals surface area contributed by atoms with Gasteiger partial charge in [-0.25, -0.2) is 8.78 Å². The van der Waals surface area contributed by atoms with Crippen molar-refractivity contribution in [3.05, 3.63) is 29.3 Å². The third kappa shape index (κ3) is 3.28. The lowest BCUT2D eigenvalue weighted by atomic mass is 10.1. The molecule has 0 amide bonds. The van der Waals surface area contributed by atoms with Crippen molar-refractivity contribution in [1.82, 2.24) is 0 Å². The van der Waals surface area contributed by atoms with Gasteiger partial charge in [-0.3, -0.25) is 4.79 Å². The molecular weight excluding hydrogens is 286 g/mol. The molecule has 1 aromatic rings. The highest BCUT2D eigenvalue weighted by molar-refractivity contribution is 9.10. The summed E-state index contributed by atoms with van der Waals surface area (Å²) in [5.74, 6) is -0.229. The standard InChI is InChI=1S/C10H9BrF2OS/c1-5(11)9(14)6-2-7(10(12)13)4-8(15)3-6/h2-5,10,15H,1H3. The van der Waals surface area contributed by atoms with E-state index in [0.29, 0.717) is 4.90 Å². The van der Waals surface area contributed by atoms with Crippen LogP contribution in [-0.4, -0.2) is 10.6 Å². The van der Waals surface area contributed by atoms with Gasteiger partial charge in [0.05, 0.1) is 4.83 Å². The smallest absolute Gasteiger partial charge is 0.263 e. The molecule has 1 nitrogen and oxygen atoms in total. The van der Waals surface area contributed by atoms with E-state index in [2.05, 4.69) is 28.6 Å². The van der Waals surface area contributed by atoms with E-state index in [1.807, 2.05) is 0 Å². The van der Waals surface area contributed by atoms with E-state index >= 15 is 0 Å². The molecule has 0 saturated carbocycles. The molecule has 82 valence electrons. The minimum Gasteiger partial charge on any atom is -0.293 e. The summed E-state index contributed by atoms with van der Waals surface area (Å²) in [4.78, 5) is 11.5. The molecule has 0 heterocycles. The third-order valence-electron chi connectivity index (χ3n) is 1.84. The quantitative estimate of drug-likeness (QED) is 0.509. The van der Waals surface area contributed by atoms with E-state index in [0.717, 1.165) is 0 Å². The van der Waals surface area contributed by atoms with Gasteiger partial charge in [-0.1, -0.05) is 15.9 Å². The summed E-state index contributed by atoms with van der Waals surface area (Å²) in [6.07, 6.45) is -2.59. The van der Waals surface area contributed by atoms with Crippen molar-refractivity contribution >= 4 is 34.3 Å².